The number of hydrogen-bond donors (Lipinski definition) is 0. The van der Waals surface area contributed by atoms with Crippen LogP contribution in [0.25, 0.3) is 0 Å². The minimum absolute atomic E-state index is 0.956. The van der Waals surface area contributed by atoms with E-state index in [1.807, 2.05) is 31.2 Å². The molecular formula is C16H20OS. The van der Waals surface area contributed by atoms with Gasteiger partial charge in [-0.05, 0) is 43.4 Å². The van der Waals surface area contributed by atoms with E-state index in [4.69, 9.17) is 4.74 Å². The van der Waals surface area contributed by atoms with Crippen molar-refractivity contribution >= 4 is 11.8 Å². The fourth-order valence-electron chi connectivity index (χ4n) is 1.57. The van der Waals surface area contributed by atoms with E-state index >= 15 is 0 Å². The van der Waals surface area contributed by atoms with Gasteiger partial charge in [0.25, 0.3) is 0 Å². The van der Waals surface area contributed by atoms with Gasteiger partial charge in [0.2, 0.25) is 0 Å². The Morgan fingerprint density at radius 3 is 1.78 bits per heavy atom. The molecule has 0 aliphatic rings. The smallest absolute Gasteiger partial charge is 0.121 e. The highest BCUT2D eigenvalue weighted by molar-refractivity contribution is 7.98. The van der Waals surface area contributed by atoms with Crippen molar-refractivity contribution in [3.05, 3.63) is 59.7 Å². The number of hydrogen-bond acceptors (Lipinski definition) is 2. The Kier molecular flexibility index (Phi) is 6.37. The first-order chi connectivity index (χ1) is 8.69. The Morgan fingerprint density at radius 2 is 1.39 bits per heavy atom. The van der Waals surface area contributed by atoms with Crippen LogP contribution in [0.2, 0.25) is 0 Å². The van der Waals surface area contributed by atoms with E-state index in [0.717, 1.165) is 5.75 Å². The van der Waals surface area contributed by atoms with Gasteiger partial charge in [0.05, 0.1) is 7.11 Å². The molecule has 0 unspecified atom stereocenters. The second-order valence-corrected chi connectivity index (χ2v) is 4.79. The van der Waals surface area contributed by atoms with E-state index in [1.165, 1.54) is 16.0 Å². The predicted octanol–water partition coefficient (Wildman–Crippen LogP) is 4.72. The van der Waals surface area contributed by atoms with Crippen molar-refractivity contribution in [3.8, 4) is 5.75 Å². The Hall–Kier alpha value is -1.41. The molecule has 2 aromatic carbocycles. The summed E-state index contributed by atoms with van der Waals surface area (Å²) in [4.78, 5) is 1.37. The summed E-state index contributed by atoms with van der Waals surface area (Å²) >= 11 is 1.80. The molecule has 0 atom stereocenters. The summed E-state index contributed by atoms with van der Waals surface area (Å²) in [5, 5.41) is 0. The van der Waals surface area contributed by atoms with E-state index in [9.17, 15) is 0 Å². The fourth-order valence-corrected chi connectivity index (χ4v) is 2.18. The van der Waals surface area contributed by atoms with E-state index in [2.05, 4.69) is 37.4 Å². The number of ether oxygens (including phenoxy) is 1. The molecule has 0 saturated heterocycles. The molecule has 0 aliphatic heterocycles. The van der Waals surface area contributed by atoms with Gasteiger partial charge in [0, 0.05) is 4.90 Å². The third kappa shape index (κ3) is 4.46. The summed E-state index contributed by atoms with van der Waals surface area (Å²) < 4.78 is 5.04. The average molecular weight is 260 g/mol. The molecule has 18 heavy (non-hydrogen) atoms. The lowest BCUT2D eigenvalue weighted by Crippen LogP contribution is -1.84. The van der Waals surface area contributed by atoms with E-state index < -0.39 is 0 Å². The fraction of sp³-hybridized carbons (Fsp3) is 0.250. The molecule has 0 spiro atoms. The SMILES string of the molecule is COc1ccccc1C.CSc1ccccc1C. The van der Waals surface area contributed by atoms with Crippen LogP contribution in [-0.4, -0.2) is 13.4 Å². The first-order valence-corrected chi connectivity index (χ1v) is 7.10. The number of thioether (sulfide) groups is 1. The third-order valence-corrected chi connectivity index (χ3v) is 3.52. The second-order valence-electron chi connectivity index (χ2n) is 3.94. The normalized spacial score (nSPS) is 9.33. The molecule has 1 nitrogen and oxygen atoms in total. The minimum Gasteiger partial charge on any atom is -0.496 e. The molecule has 2 rings (SSSR count). The maximum atomic E-state index is 5.04. The molecule has 0 aromatic heterocycles. The van der Waals surface area contributed by atoms with Crippen molar-refractivity contribution in [1.82, 2.24) is 0 Å². The van der Waals surface area contributed by atoms with E-state index in [1.54, 1.807) is 18.9 Å². The van der Waals surface area contributed by atoms with Crippen molar-refractivity contribution < 1.29 is 4.74 Å². The number of benzene rings is 2. The summed E-state index contributed by atoms with van der Waals surface area (Å²) in [6.45, 7) is 4.16. The highest BCUT2D eigenvalue weighted by Gasteiger charge is 1.91. The zero-order valence-corrected chi connectivity index (χ0v) is 12.3. The average Bonchev–Trinajstić information content (AvgIpc) is 2.41. The molecule has 2 aromatic rings. The highest BCUT2D eigenvalue weighted by Crippen LogP contribution is 2.17. The van der Waals surface area contributed by atoms with Gasteiger partial charge in [-0.3, -0.25) is 0 Å². The summed E-state index contributed by atoms with van der Waals surface area (Å²) in [7, 11) is 1.68. The first-order valence-electron chi connectivity index (χ1n) is 5.88. The molecule has 2 heteroatoms. The van der Waals surface area contributed by atoms with Crippen LogP contribution >= 0.6 is 11.8 Å². The van der Waals surface area contributed by atoms with Gasteiger partial charge in [-0.15, -0.1) is 11.8 Å². The molecular weight excluding hydrogens is 240 g/mol. The molecule has 0 fully saturated rings. The van der Waals surface area contributed by atoms with Gasteiger partial charge in [0.1, 0.15) is 5.75 Å². The quantitative estimate of drug-likeness (QED) is 0.722. The Labute approximate surface area is 114 Å². The van der Waals surface area contributed by atoms with Crippen molar-refractivity contribution in [2.75, 3.05) is 13.4 Å². The molecule has 0 amide bonds. The monoisotopic (exact) mass is 260 g/mol. The van der Waals surface area contributed by atoms with Gasteiger partial charge < -0.3 is 4.74 Å². The highest BCUT2D eigenvalue weighted by atomic mass is 32.2. The maximum absolute atomic E-state index is 5.04. The molecule has 0 radical (unpaired) electrons. The van der Waals surface area contributed by atoms with Crippen LogP contribution in [0, 0.1) is 13.8 Å². The number of rotatable bonds is 2. The van der Waals surface area contributed by atoms with E-state index in [0.29, 0.717) is 0 Å². The van der Waals surface area contributed by atoms with Crippen LogP contribution in [0.1, 0.15) is 11.1 Å². The van der Waals surface area contributed by atoms with Gasteiger partial charge in [0.15, 0.2) is 0 Å². The third-order valence-electron chi connectivity index (χ3n) is 2.63. The number of methoxy groups -OCH3 is 1. The van der Waals surface area contributed by atoms with Gasteiger partial charge >= 0.3 is 0 Å². The number of para-hydroxylation sites is 1. The summed E-state index contributed by atoms with van der Waals surface area (Å²) in [5.41, 5.74) is 2.55. The molecule has 0 N–H and O–H groups in total. The minimum atomic E-state index is 0.956. The van der Waals surface area contributed by atoms with Crippen LogP contribution in [0.4, 0.5) is 0 Å². The van der Waals surface area contributed by atoms with E-state index in [-0.39, 0.29) is 0 Å². The van der Waals surface area contributed by atoms with Crippen molar-refractivity contribution in [3.63, 3.8) is 0 Å². The predicted molar refractivity (Wildman–Crippen MR) is 80.7 cm³/mol. The molecule has 0 heterocycles. The zero-order chi connectivity index (χ0) is 13.4. The first kappa shape index (κ1) is 14.7. The van der Waals surface area contributed by atoms with Crippen LogP contribution in [0.15, 0.2) is 53.4 Å². The summed E-state index contributed by atoms with van der Waals surface area (Å²) in [5.74, 6) is 0.956. The second kappa shape index (κ2) is 7.83. The van der Waals surface area contributed by atoms with Crippen molar-refractivity contribution in [2.24, 2.45) is 0 Å². The summed E-state index contributed by atoms with van der Waals surface area (Å²) in [6.07, 6.45) is 2.10. The standard InChI is InChI=1S/C8H10O.C8H10S/c2*1-7-5-3-4-6-8(7)9-2/h2*3-6H,1-2H3. The maximum Gasteiger partial charge on any atom is 0.121 e. The van der Waals surface area contributed by atoms with Gasteiger partial charge in [-0.2, -0.15) is 0 Å². The van der Waals surface area contributed by atoms with Gasteiger partial charge in [-0.25, -0.2) is 0 Å². The lowest BCUT2D eigenvalue weighted by molar-refractivity contribution is 0.411. The zero-order valence-electron chi connectivity index (χ0n) is 11.4. The van der Waals surface area contributed by atoms with Gasteiger partial charge in [-0.1, -0.05) is 36.4 Å². The van der Waals surface area contributed by atoms with Crippen LogP contribution in [0.3, 0.4) is 0 Å². The molecule has 0 saturated carbocycles. The molecule has 96 valence electrons. The topological polar surface area (TPSA) is 9.23 Å². The van der Waals surface area contributed by atoms with Crippen LogP contribution in [0.5, 0.6) is 5.75 Å². The lowest BCUT2D eigenvalue weighted by Gasteiger charge is -2.00. The number of aryl methyl sites for hydroxylation is 2. The molecule has 0 bridgehead atoms. The van der Waals surface area contributed by atoms with Crippen molar-refractivity contribution in [2.45, 2.75) is 18.7 Å². The Balaban J connectivity index is 0.000000180. The lowest BCUT2D eigenvalue weighted by atomic mass is 10.2. The van der Waals surface area contributed by atoms with Crippen LogP contribution in [-0.2, 0) is 0 Å². The Morgan fingerprint density at radius 1 is 0.833 bits per heavy atom. The molecule has 0 aliphatic carbocycles. The summed E-state index contributed by atoms with van der Waals surface area (Å²) in [6, 6.07) is 16.3. The largest absolute Gasteiger partial charge is 0.496 e. The van der Waals surface area contributed by atoms with Crippen LogP contribution < -0.4 is 4.74 Å². The Bertz CT molecular complexity index is 435. The van der Waals surface area contributed by atoms with Crippen molar-refractivity contribution in [1.29, 1.82) is 0 Å².